The van der Waals surface area contributed by atoms with Gasteiger partial charge in [0.2, 0.25) is 5.91 Å². The van der Waals surface area contributed by atoms with Crippen molar-refractivity contribution in [2.24, 2.45) is 17.8 Å². The lowest BCUT2D eigenvalue weighted by Gasteiger charge is -2.37. The van der Waals surface area contributed by atoms with Crippen LogP contribution < -0.4 is 5.32 Å². The van der Waals surface area contributed by atoms with Gasteiger partial charge in [-0.3, -0.25) is 4.79 Å². The van der Waals surface area contributed by atoms with Crippen LogP contribution in [-0.4, -0.2) is 11.9 Å². The summed E-state index contributed by atoms with van der Waals surface area (Å²) in [5, 5.41) is 2.97. The van der Waals surface area contributed by atoms with Crippen molar-refractivity contribution in [3.63, 3.8) is 0 Å². The number of carbonyl (C=O) groups is 1. The Labute approximate surface area is 81.1 Å². The van der Waals surface area contributed by atoms with Gasteiger partial charge in [0, 0.05) is 12.0 Å². The first-order valence-electron chi connectivity index (χ1n) is 5.31. The molecule has 2 nitrogen and oxygen atoms in total. The molecule has 0 radical (unpaired) electrons. The maximum atomic E-state index is 11.5. The molecule has 76 valence electrons. The molecule has 0 aliphatic heterocycles. The number of nitrogens with one attached hydrogen (secondary N) is 1. The summed E-state index contributed by atoms with van der Waals surface area (Å²) in [5.74, 6) is 2.08. The van der Waals surface area contributed by atoms with Crippen molar-refractivity contribution in [2.45, 2.75) is 46.6 Å². The quantitative estimate of drug-likeness (QED) is 0.714. The van der Waals surface area contributed by atoms with Gasteiger partial charge in [0.25, 0.3) is 0 Å². The Hall–Kier alpha value is -0.530. The van der Waals surface area contributed by atoms with Gasteiger partial charge in [-0.25, -0.2) is 0 Å². The lowest BCUT2D eigenvalue weighted by atomic mass is 9.69. The Morgan fingerprint density at radius 2 is 1.77 bits per heavy atom. The zero-order valence-electron chi connectivity index (χ0n) is 9.13. The standard InChI is InChI=1S/C11H21NO/c1-7(2)9-5-10(6-9)11(13)12-8(3)4/h7-10H,5-6H2,1-4H3,(H,12,13)/t9-,10-. The van der Waals surface area contributed by atoms with Crippen LogP contribution in [0.15, 0.2) is 0 Å². The maximum absolute atomic E-state index is 11.5. The molecule has 1 N–H and O–H groups in total. The van der Waals surface area contributed by atoms with Crippen LogP contribution in [0, 0.1) is 17.8 Å². The van der Waals surface area contributed by atoms with E-state index in [4.69, 9.17) is 0 Å². The van der Waals surface area contributed by atoms with E-state index in [-0.39, 0.29) is 11.9 Å². The first kappa shape index (κ1) is 10.6. The van der Waals surface area contributed by atoms with Crippen LogP contribution >= 0.6 is 0 Å². The second-order valence-corrected chi connectivity index (χ2v) is 4.84. The van der Waals surface area contributed by atoms with Crippen LogP contribution in [0.1, 0.15) is 40.5 Å². The molecule has 0 bridgehead atoms. The van der Waals surface area contributed by atoms with Gasteiger partial charge in [-0.2, -0.15) is 0 Å². The molecule has 1 amide bonds. The van der Waals surface area contributed by atoms with E-state index < -0.39 is 0 Å². The molecule has 0 unspecified atom stereocenters. The Bertz CT molecular complexity index is 181. The highest BCUT2D eigenvalue weighted by Crippen LogP contribution is 2.38. The van der Waals surface area contributed by atoms with Crippen LogP contribution in [-0.2, 0) is 4.79 Å². The third kappa shape index (κ3) is 2.71. The monoisotopic (exact) mass is 183 g/mol. The second kappa shape index (κ2) is 4.12. The molecule has 0 heterocycles. The Kier molecular flexibility index (Phi) is 3.34. The first-order chi connectivity index (χ1) is 6.00. The maximum Gasteiger partial charge on any atom is 0.223 e. The van der Waals surface area contributed by atoms with E-state index in [9.17, 15) is 4.79 Å². The van der Waals surface area contributed by atoms with Crippen molar-refractivity contribution < 1.29 is 4.79 Å². The minimum Gasteiger partial charge on any atom is -0.354 e. The lowest BCUT2D eigenvalue weighted by Crippen LogP contribution is -2.42. The zero-order chi connectivity index (χ0) is 10.0. The lowest BCUT2D eigenvalue weighted by molar-refractivity contribution is -0.130. The highest BCUT2D eigenvalue weighted by Gasteiger charge is 2.35. The molecule has 0 spiro atoms. The van der Waals surface area contributed by atoms with Crippen molar-refractivity contribution in [2.75, 3.05) is 0 Å². The third-order valence-electron chi connectivity index (χ3n) is 2.92. The van der Waals surface area contributed by atoms with Gasteiger partial charge in [-0.1, -0.05) is 13.8 Å². The molecule has 1 aliphatic rings. The molecule has 0 aromatic heterocycles. The van der Waals surface area contributed by atoms with Crippen molar-refractivity contribution in [3.8, 4) is 0 Å². The van der Waals surface area contributed by atoms with Crippen LogP contribution in [0.3, 0.4) is 0 Å². The fourth-order valence-electron chi connectivity index (χ4n) is 1.82. The Morgan fingerprint density at radius 3 is 2.15 bits per heavy atom. The summed E-state index contributed by atoms with van der Waals surface area (Å²) in [6.07, 6.45) is 2.19. The molecule has 0 atom stereocenters. The minimum atomic E-state index is 0.256. The number of hydrogen-bond donors (Lipinski definition) is 1. The van der Waals surface area contributed by atoms with E-state index in [2.05, 4.69) is 19.2 Å². The summed E-state index contributed by atoms with van der Waals surface area (Å²) in [6, 6.07) is 0.283. The Morgan fingerprint density at radius 1 is 1.23 bits per heavy atom. The molecule has 1 saturated carbocycles. The molecule has 1 aliphatic carbocycles. The summed E-state index contributed by atoms with van der Waals surface area (Å²) in [6.45, 7) is 8.50. The summed E-state index contributed by atoms with van der Waals surface area (Å²) in [7, 11) is 0. The summed E-state index contributed by atoms with van der Waals surface area (Å²) < 4.78 is 0. The number of hydrogen-bond acceptors (Lipinski definition) is 1. The first-order valence-corrected chi connectivity index (χ1v) is 5.31. The predicted octanol–water partition coefficient (Wildman–Crippen LogP) is 2.19. The highest BCUT2D eigenvalue weighted by atomic mass is 16.1. The van der Waals surface area contributed by atoms with E-state index in [1.807, 2.05) is 13.8 Å². The third-order valence-corrected chi connectivity index (χ3v) is 2.92. The SMILES string of the molecule is CC(C)NC(=O)[C@H]1C[C@H](C(C)C)C1. The predicted molar refractivity (Wildman–Crippen MR) is 54.3 cm³/mol. The van der Waals surface area contributed by atoms with E-state index in [0.29, 0.717) is 5.92 Å². The van der Waals surface area contributed by atoms with Crippen molar-refractivity contribution >= 4 is 5.91 Å². The fourth-order valence-corrected chi connectivity index (χ4v) is 1.82. The molecule has 0 aromatic carbocycles. The highest BCUT2D eigenvalue weighted by molar-refractivity contribution is 5.79. The van der Waals surface area contributed by atoms with Crippen molar-refractivity contribution in [1.82, 2.24) is 5.32 Å². The number of rotatable bonds is 3. The van der Waals surface area contributed by atoms with Gasteiger partial charge >= 0.3 is 0 Å². The second-order valence-electron chi connectivity index (χ2n) is 4.84. The molecule has 1 fully saturated rings. The molecule has 2 heteroatoms. The molecular weight excluding hydrogens is 162 g/mol. The van der Waals surface area contributed by atoms with Crippen molar-refractivity contribution in [3.05, 3.63) is 0 Å². The van der Waals surface area contributed by atoms with Crippen LogP contribution in [0.2, 0.25) is 0 Å². The molecule has 1 rings (SSSR count). The summed E-state index contributed by atoms with van der Waals surface area (Å²) >= 11 is 0. The molecule has 0 saturated heterocycles. The van der Waals surface area contributed by atoms with Gasteiger partial charge in [-0.05, 0) is 38.5 Å². The van der Waals surface area contributed by atoms with Gasteiger partial charge < -0.3 is 5.32 Å². The molecule has 13 heavy (non-hydrogen) atoms. The normalized spacial score (nSPS) is 27.5. The smallest absolute Gasteiger partial charge is 0.223 e. The van der Waals surface area contributed by atoms with Gasteiger partial charge in [0.1, 0.15) is 0 Å². The van der Waals surface area contributed by atoms with Crippen LogP contribution in [0.25, 0.3) is 0 Å². The van der Waals surface area contributed by atoms with Gasteiger partial charge in [0.15, 0.2) is 0 Å². The van der Waals surface area contributed by atoms with E-state index in [1.165, 1.54) is 0 Å². The largest absolute Gasteiger partial charge is 0.354 e. The average Bonchev–Trinajstić information content (AvgIpc) is 1.79. The fraction of sp³-hybridized carbons (Fsp3) is 0.909. The van der Waals surface area contributed by atoms with Crippen LogP contribution in [0.4, 0.5) is 0 Å². The summed E-state index contributed by atoms with van der Waals surface area (Å²) in [4.78, 5) is 11.5. The van der Waals surface area contributed by atoms with Crippen LogP contribution in [0.5, 0.6) is 0 Å². The molecular formula is C11H21NO. The van der Waals surface area contributed by atoms with E-state index in [1.54, 1.807) is 0 Å². The molecule has 0 aromatic rings. The zero-order valence-corrected chi connectivity index (χ0v) is 9.13. The van der Waals surface area contributed by atoms with E-state index >= 15 is 0 Å². The van der Waals surface area contributed by atoms with Crippen molar-refractivity contribution in [1.29, 1.82) is 0 Å². The number of amides is 1. The number of carbonyl (C=O) groups excluding carboxylic acids is 1. The van der Waals surface area contributed by atoms with Gasteiger partial charge in [0.05, 0.1) is 0 Å². The minimum absolute atomic E-state index is 0.256. The Balaban J connectivity index is 2.23. The summed E-state index contributed by atoms with van der Waals surface area (Å²) in [5.41, 5.74) is 0. The topological polar surface area (TPSA) is 29.1 Å². The van der Waals surface area contributed by atoms with E-state index in [0.717, 1.165) is 24.7 Å². The average molecular weight is 183 g/mol. The van der Waals surface area contributed by atoms with Gasteiger partial charge in [-0.15, -0.1) is 0 Å².